The molecule has 8 bridgehead atoms. The molecule has 0 aromatic rings. The number of nitrogens with one attached hydrogen (secondary N) is 1. The minimum Gasteiger partial charge on any atom is -0.446 e. The SMILES string of the molecule is CC(C)(C)OC(=O)N(CCN1CCOCC1)[C@@H]1CCN(C(=O)OC2C3CC4CC2CC(C(N)=O)(C4)C3)C1.CC1(C)CC(CN(C(=O)OC(C)(C)C)[C@@H]2CCN(C(=O)OC3C4CC5CC3CC(C(N)=O)(C5)C4)C2)CC(C)(C)N1. The van der Waals surface area contributed by atoms with Crippen LogP contribution in [0.1, 0.15) is 159 Å². The van der Waals surface area contributed by atoms with Gasteiger partial charge in [0.25, 0.3) is 0 Å². The van der Waals surface area contributed by atoms with Crippen molar-refractivity contribution in [2.24, 2.45) is 63.7 Å². The normalized spacial score (nSPS) is 35.9. The molecule has 19 nitrogen and oxygen atoms in total. The summed E-state index contributed by atoms with van der Waals surface area (Å²) >= 11 is 0. The van der Waals surface area contributed by atoms with Gasteiger partial charge in [0.15, 0.2) is 0 Å². The third-order valence-electron chi connectivity index (χ3n) is 19.4. The molecule has 4 saturated heterocycles. The first-order chi connectivity index (χ1) is 36.0. The summed E-state index contributed by atoms with van der Waals surface area (Å²) in [5.74, 6) is 1.86. The van der Waals surface area contributed by atoms with Gasteiger partial charge in [0.05, 0.1) is 36.1 Å². The smallest absolute Gasteiger partial charge is 0.410 e. The number of nitrogens with two attached hydrogens (primary N) is 2. The standard InChI is InChI=1S/C31H52N4O5.C27H44N4O6/c1-28(2,3)40-27(38)35(17-20-12-29(4,5)33-30(6,7)13-20)23-8-9-34(18-23)26(37)39-24-21-10-19-11-22(24)16-31(14-19,15-21)25(32)36;1-26(2,3)37-25(34)31(7-6-29-8-10-35-11-9-29)21-4-5-30(17-21)24(33)36-22-19-12-18-13-20(22)16-27(14-18,15-19)23(28)32/h19-24,33H,8-18H2,1-7H3,(H2,32,36);18-22H,4-17H2,1-3H3,(H2,28,32)/t19?,21?,22?,23-,24?,31?;18?,19?,20?,21-,22?,27?/m11/s1. The van der Waals surface area contributed by atoms with Gasteiger partial charge in [-0.15, -0.1) is 0 Å². The Bertz CT molecular complexity index is 2160. The number of primary amides is 2. The average molecular weight is 1080 g/mol. The lowest BCUT2D eigenvalue weighted by atomic mass is 9.48. The lowest BCUT2D eigenvalue weighted by Gasteiger charge is -2.58. The molecule has 6 amide bonds. The predicted molar refractivity (Wildman–Crippen MR) is 288 cm³/mol. The zero-order valence-electron chi connectivity index (χ0n) is 48.4. The van der Waals surface area contributed by atoms with Gasteiger partial charge in [-0.1, -0.05) is 0 Å². The summed E-state index contributed by atoms with van der Waals surface area (Å²) < 4.78 is 29.4. The van der Waals surface area contributed by atoms with Crippen molar-refractivity contribution in [3.8, 4) is 0 Å². The van der Waals surface area contributed by atoms with E-state index in [1.165, 1.54) is 0 Å². The molecule has 0 aromatic carbocycles. The van der Waals surface area contributed by atoms with Crippen molar-refractivity contribution in [3.63, 3.8) is 0 Å². The Morgan fingerprint density at radius 2 is 0.987 bits per heavy atom. The molecule has 19 heteroatoms. The monoisotopic (exact) mass is 1080 g/mol. The van der Waals surface area contributed by atoms with Crippen LogP contribution in [0.15, 0.2) is 0 Å². The van der Waals surface area contributed by atoms with Crippen molar-refractivity contribution in [1.82, 2.24) is 29.8 Å². The first kappa shape index (κ1) is 57.6. The molecular weight excluding hydrogens is 985 g/mol. The Hall–Kier alpha value is -4.10. The number of piperidine rings is 1. The van der Waals surface area contributed by atoms with Gasteiger partial charge in [-0.25, -0.2) is 19.2 Å². The molecule has 0 aromatic heterocycles. The molecule has 8 saturated carbocycles. The molecule has 0 radical (unpaired) electrons. The number of likely N-dealkylation sites (tertiary alicyclic amines) is 2. The highest BCUT2D eigenvalue weighted by molar-refractivity contribution is 5.82. The highest BCUT2D eigenvalue weighted by Crippen LogP contribution is 2.62. The fourth-order valence-corrected chi connectivity index (χ4v) is 17.1. The second-order valence-electron chi connectivity index (χ2n) is 29.1. The first-order valence-electron chi connectivity index (χ1n) is 29.6. The van der Waals surface area contributed by atoms with Crippen LogP contribution in [0.5, 0.6) is 0 Å². The van der Waals surface area contributed by atoms with E-state index in [0.29, 0.717) is 83.1 Å². The average Bonchev–Trinajstić information content (AvgIpc) is 4.05. The van der Waals surface area contributed by atoms with E-state index in [0.717, 1.165) is 96.7 Å². The minimum absolute atomic E-state index is 0.0245. The van der Waals surface area contributed by atoms with Gasteiger partial charge < -0.3 is 60.1 Å². The summed E-state index contributed by atoms with van der Waals surface area (Å²) in [5.41, 5.74) is 9.62. The van der Waals surface area contributed by atoms with Crippen LogP contribution in [-0.2, 0) is 33.3 Å². The van der Waals surface area contributed by atoms with Crippen molar-refractivity contribution >= 4 is 36.2 Å². The Labute approximate surface area is 458 Å². The Kier molecular flexibility index (Phi) is 16.3. The number of carbonyl (C=O) groups excluding carboxylic acids is 6. The van der Waals surface area contributed by atoms with Crippen LogP contribution in [0, 0.1) is 52.3 Å². The fourth-order valence-electron chi connectivity index (χ4n) is 17.1. The molecule has 6 atom stereocenters. The molecule has 12 aliphatic rings. The van der Waals surface area contributed by atoms with Gasteiger partial charge in [0, 0.05) is 70.0 Å². The molecule has 0 spiro atoms. The highest BCUT2D eigenvalue weighted by atomic mass is 16.6. The quantitative estimate of drug-likeness (QED) is 0.175. The molecule has 4 heterocycles. The molecule has 12 rings (SSSR count). The van der Waals surface area contributed by atoms with Gasteiger partial charge in [-0.3, -0.25) is 14.5 Å². The number of morpholine rings is 1. The summed E-state index contributed by atoms with van der Waals surface area (Å²) in [6, 6.07) is -0.222. The number of ether oxygens (including phenoxy) is 5. The lowest BCUT2D eigenvalue weighted by Crippen LogP contribution is -2.60. The second kappa shape index (κ2) is 21.8. The fraction of sp³-hybridized carbons (Fsp3) is 0.897. The van der Waals surface area contributed by atoms with Crippen molar-refractivity contribution < 1.29 is 52.5 Å². The molecule has 77 heavy (non-hydrogen) atoms. The van der Waals surface area contributed by atoms with Crippen molar-refractivity contribution in [1.29, 1.82) is 0 Å². The number of hydrogen-bond acceptors (Lipinski definition) is 13. The summed E-state index contributed by atoms with van der Waals surface area (Å²) in [7, 11) is 0. The second-order valence-corrected chi connectivity index (χ2v) is 29.1. The predicted octanol–water partition coefficient (Wildman–Crippen LogP) is 7.12. The molecule has 4 aliphatic heterocycles. The van der Waals surface area contributed by atoms with Crippen LogP contribution < -0.4 is 16.8 Å². The molecule has 12 fully saturated rings. The van der Waals surface area contributed by atoms with Crippen LogP contribution in [0.2, 0.25) is 0 Å². The van der Waals surface area contributed by atoms with Gasteiger partial charge in [0.2, 0.25) is 11.8 Å². The van der Waals surface area contributed by atoms with E-state index < -0.39 is 22.0 Å². The summed E-state index contributed by atoms with van der Waals surface area (Å²) in [6.07, 6.45) is 10.6. The third kappa shape index (κ3) is 13.2. The van der Waals surface area contributed by atoms with E-state index in [1.807, 2.05) is 46.4 Å². The number of amides is 6. The van der Waals surface area contributed by atoms with Gasteiger partial charge in [-0.2, -0.15) is 0 Å². The van der Waals surface area contributed by atoms with E-state index in [2.05, 4.69) is 37.9 Å². The number of rotatable bonds is 11. The zero-order valence-corrected chi connectivity index (χ0v) is 48.4. The van der Waals surface area contributed by atoms with Crippen LogP contribution in [0.4, 0.5) is 19.2 Å². The molecule has 434 valence electrons. The van der Waals surface area contributed by atoms with E-state index in [-0.39, 0.29) is 95.2 Å². The van der Waals surface area contributed by atoms with Crippen LogP contribution in [-0.4, -0.2) is 179 Å². The maximum absolute atomic E-state index is 13.5. The van der Waals surface area contributed by atoms with E-state index in [9.17, 15) is 28.8 Å². The number of nitrogens with zero attached hydrogens (tertiary/aromatic N) is 5. The molecular formula is C58H96N8O11. The maximum atomic E-state index is 13.5. The van der Waals surface area contributed by atoms with E-state index in [1.54, 1.807) is 14.7 Å². The molecule has 8 aliphatic carbocycles. The van der Waals surface area contributed by atoms with Gasteiger partial charge >= 0.3 is 24.4 Å². The third-order valence-corrected chi connectivity index (χ3v) is 19.4. The highest BCUT2D eigenvalue weighted by Gasteiger charge is 2.61. The largest absolute Gasteiger partial charge is 0.446 e. The van der Waals surface area contributed by atoms with Crippen molar-refractivity contribution in [2.75, 3.05) is 72.1 Å². The molecule has 5 N–H and O–H groups in total. The van der Waals surface area contributed by atoms with Gasteiger partial charge in [0.1, 0.15) is 23.4 Å². The number of hydrogen-bond donors (Lipinski definition) is 3. The zero-order chi connectivity index (χ0) is 55.6. The van der Waals surface area contributed by atoms with E-state index in [4.69, 9.17) is 35.2 Å². The lowest BCUT2D eigenvalue weighted by molar-refractivity contribution is -0.162. The first-order valence-corrected chi connectivity index (χ1v) is 29.6. The van der Waals surface area contributed by atoms with Crippen LogP contribution in [0.25, 0.3) is 0 Å². The summed E-state index contributed by atoms with van der Waals surface area (Å²) in [6.45, 7) is 27.2. The van der Waals surface area contributed by atoms with Gasteiger partial charge in [-0.05, 0) is 201 Å². The van der Waals surface area contributed by atoms with Crippen molar-refractivity contribution in [2.45, 2.75) is 206 Å². The number of carbonyl (C=O) groups is 6. The Balaban J connectivity index is 0.000000188. The Morgan fingerprint density at radius 1 is 0.584 bits per heavy atom. The topological polar surface area (TPSA) is 229 Å². The van der Waals surface area contributed by atoms with Crippen molar-refractivity contribution in [3.05, 3.63) is 0 Å². The molecule has 4 unspecified atom stereocenters. The van der Waals surface area contributed by atoms with E-state index >= 15 is 0 Å². The Morgan fingerprint density at radius 3 is 1.39 bits per heavy atom. The summed E-state index contributed by atoms with van der Waals surface area (Å²) in [4.78, 5) is 87.4. The minimum atomic E-state index is -0.596. The summed E-state index contributed by atoms with van der Waals surface area (Å²) in [5, 5.41) is 3.73. The van der Waals surface area contributed by atoms with Crippen LogP contribution >= 0.6 is 0 Å². The van der Waals surface area contributed by atoms with Crippen LogP contribution in [0.3, 0.4) is 0 Å². The maximum Gasteiger partial charge on any atom is 0.410 e.